The average molecular weight is 881 g/mol. The Morgan fingerprint density at radius 3 is 1.62 bits per heavy atom. The Bertz CT molecular complexity index is 3030. The van der Waals surface area contributed by atoms with Crippen LogP contribution in [0, 0.1) is 0 Å². The molecule has 2 aliphatic heterocycles. The maximum Gasteiger partial charge on any atom is 0.410 e. The SMILES string of the molecule is COc1c(NCCOC(=O)N2CC(=O)NC(=O)C2)c2c(=O)cc(CO)c3c4c(CO)cc(=O)c5c(O)c(NCCOC(=O)N6CC(=O)NC(=O)C6)c6c(c(c1C(C(C)=O)C(C)=C6)c23)c54. The number of anilines is 2. The topological polar surface area (TPSA) is 297 Å². The number of aliphatic hydroxyl groups excluding tert-OH is 2. The summed E-state index contributed by atoms with van der Waals surface area (Å²) in [6, 6.07) is 2.34. The zero-order chi connectivity index (χ0) is 45.9. The number of ketones is 1. The molecular weight excluding hydrogens is 840 g/mol. The first kappa shape index (κ1) is 43.0. The fourth-order valence-electron chi connectivity index (χ4n) is 9.14. The van der Waals surface area contributed by atoms with Gasteiger partial charge in [-0.15, -0.1) is 0 Å². The molecule has 5 aromatic rings. The van der Waals surface area contributed by atoms with Crippen molar-refractivity contribution in [1.82, 2.24) is 20.4 Å². The van der Waals surface area contributed by atoms with Crippen LogP contribution in [0.2, 0.25) is 0 Å². The number of ether oxygens (including phenoxy) is 3. The summed E-state index contributed by atoms with van der Waals surface area (Å²) in [6.07, 6.45) is -0.262. The van der Waals surface area contributed by atoms with E-state index < -0.39 is 97.7 Å². The predicted molar refractivity (Wildman–Crippen MR) is 228 cm³/mol. The molecule has 0 bridgehead atoms. The van der Waals surface area contributed by atoms with E-state index >= 15 is 0 Å². The fraction of sp³-hybridized carbons (Fsp3) is 0.326. The number of piperazine rings is 2. The monoisotopic (exact) mass is 880 g/mol. The zero-order valence-corrected chi connectivity index (χ0v) is 34.5. The molecule has 1 aliphatic carbocycles. The van der Waals surface area contributed by atoms with Gasteiger partial charge in [0.2, 0.25) is 23.6 Å². The molecule has 3 aliphatic rings. The summed E-state index contributed by atoms with van der Waals surface area (Å²) >= 11 is 0. The summed E-state index contributed by atoms with van der Waals surface area (Å²) < 4.78 is 16.8. The number of hydrogen-bond acceptors (Lipinski definition) is 17. The van der Waals surface area contributed by atoms with Crippen LogP contribution in [0.1, 0.15) is 42.0 Å². The molecule has 2 saturated heterocycles. The van der Waals surface area contributed by atoms with Crippen molar-refractivity contribution in [2.75, 3.05) is 70.2 Å². The molecule has 7 N–H and O–H groups in total. The first-order valence-electron chi connectivity index (χ1n) is 19.9. The Hall–Kier alpha value is -7.65. The van der Waals surface area contributed by atoms with E-state index in [1.807, 2.05) is 0 Å². The number of phenols is 1. The van der Waals surface area contributed by atoms with Crippen molar-refractivity contribution in [3.63, 3.8) is 0 Å². The molecule has 0 aromatic heterocycles. The minimum Gasteiger partial charge on any atom is -0.505 e. The number of hydrogen-bond donors (Lipinski definition) is 7. The Morgan fingerprint density at radius 1 is 0.688 bits per heavy atom. The van der Waals surface area contributed by atoms with Crippen LogP contribution >= 0.6 is 0 Å². The van der Waals surface area contributed by atoms with Crippen molar-refractivity contribution in [2.45, 2.75) is 33.0 Å². The van der Waals surface area contributed by atoms with Gasteiger partial charge >= 0.3 is 12.2 Å². The zero-order valence-electron chi connectivity index (χ0n) is 34.5. The van der Waals surface area contributed by atoms with Gasteiger partial charge in [0.05, 0.1) is 48.4 Å². The molecule has 1 atom stereocenters. The highest BCUT2D eigenvalue weighted by Crippen LogP contribution is 2.56. The average Bonchev–Trinajstić information content (AvgIpc) is 3.37. The smallest absolute Gasteiger partial charge is 0.410 e. The Kier molecular flexibility index (Phi) is 11.1. The van der Waals surface area contributed by atoms with E-state index in [0.717, 1.165) is 15.9 Å². The molecule has 64 heavy (non-hydrogen) atoms. The Labute approximate surface area is 360 Å². The lowest BCUT2D eigenvalue weighted by molar-refractivity contribution is -0.136. The maximum atomic E-state index is 14.5. The molecule has 21 nitrogen and oxygen atoms in total. The van der Waals surface area contributed by atoms with Crippen LogP contribution in [0.3, 0.4) is 0 Å². The quantitative estimate of drug-likeness (QED) is 0.0298. The molecule has 0 radical (unpaired) electrons. The number of nitrogens with one attached hydrogen (secondary N) is 4. The number of amides is 6. The van der Waals surface area contributed by atoms with E-state index in [4.69, 9.17) is 14.2 Å². The Balaban J connectivity index is 1.34. The van der Waals surface area contributed by atoms with Gasteiger partial charge in [-0.05, 0) is 53.3 Å². The molecule has 5 aromatic carbocycles. The summed E-state index contributed by atoms with van der Waals surface area (Å²) in [5.41, 5.74) is -0.0930. The molecule has 0 saturated carbocycles. The molecule has 2 heterocycles. The van der Waals surface area contributed by atoms with Gasteiger partial charge in [-0.25, -0.2) is 9.59 Å². The summed E-state index contributed by atoms with van der Waals surface area (Å²) in [5, 5.41) is 45.3. The first-order valence-corrected chi connectivity index (χ1v) is 19.9. The number of fused-ring (bicyclic) bond motifs is 1. The molecule has 2 fully saturated rings. The van der Waals surface area contributed by atoms with Crippen molar-refractivity contribution in [3.8, 4) is 11.5 Å². The fourth-order valence-corrected chi connectivity index (χ4v) is 9.14. The van der Waals surface area contributed by atoms with Crippen molar-refractivity contribution in [1.29, 1.82) is 0 Å². The molecular formula is C43H40N6O15. The minimum atomic E-state index is -1.09. The van der Waals surface area contributed by atoms with E-state index in [0.29, 0.717) is 5.57 Å². The molecule has 0 spiro atoms. The van der Waals surface area contributed by atoms with Crippen molar-refractivity contribution >= 4 is 102 Å². The van der Waals surface area contributed by atoms with Gasteiger partial charge in [0.25, 0.3) is 0 Å². The van der Waals surface area contributed by atoms with Crippen LogP contribution in [0.5, 0.6) is 11.5 Å². The number of nitrogens with zero attached hydrogens (tertiary/aromatic N) is 2. The van der Waals surface area contributed by atoms with Crippen LogP contribution < -0.4 is 36.9 Å². The second-order valence-electron chi connectivity index (χ2n) is 15.5. The largest absolute Gasteiger partial charge is 0.505 e. The summed E-state index contributed by atoms with van der Waals surface area (Å²) in [4.78, 5) is 117. The van der Waals surface area contributed by atoms with E-state index in [1.165, 1.54) is 20.1 Å². The number of methoxy groups -OCH3 is 1. The van der Waals surface area contributed by atoms with Gasteiger partial charge in [0, 0.05) is 40.4 Å². The molecule has 8 rings (SSSR count). The minimum absolute atomic E-state index is 0.00786. The maximum absolute atomic E-state index is 14.5. The highest BCUT2D eigenvalue weighted by atomic mass is 16.6. The lowest BCUT2D eigenvalue weighted by Gasteiger charge is -2.27. The number of carbonyl (C=O) groups excluding carboxylic acids is 7. The number of allylic oxidation sites excluding steroid dienone is 1. The number of carbonyl (C=O) groups is 7. The molecule has 21 heteroatoms. The molecule has 1 unspecified atom stereocenters. The predicted octanol–water partition coefficient (Wildman–Crippen LogP) is 0.698. The van der Waals surface area contributed by atoms with Crippen molar-refractivity contribution in [3.05, 3.63) is 60.4 Å². The first-order chi connectivity index (χ1) is 30.6. The van der Waals surface area contributed by atoms with E-state index in [2.05, 4.69) is 21.3 Å². The molecule has 332 valence electrons. The van der Waals surface area contributed by atoms with Crippen LogP contribution in [0.15, 0.2) is 27.3 Å². The number of aromatic hydroxyl groups is 1. The third kappa shape index (κ3) is 7.03. The standard InChI is InChI=1S/C43H40N6O15/c1-17-8-21-31-34-29(20(16-51)10-23(54)33(34)40(59)38(21)44-4-6-63-42(60)48-11-24(55)46-25(56)12-48)30-19(15-50)9-22(53)32-35(30)36(31)37(28(17)18(2)52)41(62-3)39(32)45-5-7-64-43(61)49-13-26(57)47-27(58)14-49/h8-10,28,44-45,50-51,59H,4-7,11-16H2,1-3H3,(H,46,55,56)(H,47,57,58). The summed E-state index contributed by atoms with van der Waals surface area (Å²) in [7, 11) is 1.33. The van der Waals surface area contributed by atoms with Crippen LogP contribution in [0.4, 0.5) is 21.0 Å². The van der Waals surface area contributed by atoms with Gasteiger partial charge in [-0.2, -0.15) is 0 Å². The van der Waals surface area contributed by atoms with Crippen molar-refractivity contribution < 1.29 is 63.1 Å². The second-order valence-corrected chi connectivity index (χ2v) is 15.5. The van der Waals surface area contributed by atoms with Gasteiger partial charge in [-0.3, -0.25) is 54.0 Å². The third-order valence-corrected chi connectivity index (χ3v) is 11.5. The number of rotatable bonds is 12. The molecule has 6 amide bonds. The van der Waals surface area contributed by atoms with E-state index in [1.54, 1.807) is 13.0 Å². The van der Waals surface area contributed by atoms with Crippen LogP contribution in [0.25, 0.3) is 49.2 Å². The number of benzene rings is 5. The van der Waals surface area contributed by atoms with E-state index in [-0.39, 0.29) is 115 Å². The van der Waals surface area contributed by atoms with Gasteiger partial charge < -0.3 is 40.2 Å². The van der Waals surface area contributed by atoms with Crippen LogP contribution in [-0.2, 0) is 46.7 Å². The number of Topliss-reactive ketones (excluding diaryl/α,β-unsaturated/α-hetero) is 1. The summed E-state index contributed by atoms with van der Waals surface area (Å²) in [5.74, 6) is -4.68. The number of phenolic OH excluding ortho intramolecular Hbond substituents is 1. The number of aliphatic hydroxyl groups is 2. The van der Waals surface area contributed by atoms with Gasteiger partial charge in [0.15, 0.2) is 16.6 Å². The van der Waals surface area contributed by atoms with Gasteiger partial charge in [-0.1, -0.05) is 11.6 Å². The summed E-state index contributed by atoms with van der Waals surface area (Å²) in [6.45, 7) is -0.968. The van der Waals surface area contributed by atoms with Crippen LogP contribution in [-0.4, -0.2) is 126 Å². The normalized spacial score (nSPS) is 16.3. The van der Waals surface area contributed by atoms with E-state index in [9.17, 15) is 58.5 Å². The Morgan fingerprint density at radius 2 is 1.16 bits per heavy atom. The van der Waals surface area contributed by atoms with Gasteiger partial charge in [0.1, 0.15) is 50.9 Å². The third-order valence-electron chi connectivity index (χ3n) is 11.5. The highest BCUT2D eigenvalue weighted by Gasteiger charge is 2.37. The lowest BCUT2D eigenvalue weighted by atomic mass is 9.79. The highest BCUT2D eigenvalue weighted by molar-refractivity contribution is 6.39. The van der Waals surface area contributed by atoms with Crippen molar-refractivity contribution in [2.24, 2.45) is 0 Å². The number of imide groups is 2. The second kappa shape index (κ2) is 16.6. The lowest BCUT2D eigenvalue weighted by Crippen LogP contribution is -2.53.